The first-order valence-electron chi connectivity index (χ1n) is 6.62. The van der Waals surface area contributed by atoms with E-state index in [1.807, 2.05) is 30.3 Å². The summed E-state index contributed by atoms with van der Waals surface area (Å²) in [5, 5.41) is 12.1. The van der Waals surface area contributed by atoms with Crippen LogP contribution in [0.3, 0.4) is 0 Å². The Kier molecular flexibility index (Phi) is 4.10. The fourth-order valence-corrected chi connectivity index (χ4v) is 2.34. The number of benzene rings is 1. The number of rotatable bonds is 4. The van der Waals surface area contributed by atoms with Gasteiger partial charge in [0.15, 0.2) is 0 Å². The lowest BCUT2D eigenvalue weighted by Crippen LogP contribution is -2.30. The van der Waals surface area contributed by atoms with Gasteiger partial charge < -0.3 is 4.90 Å². The molecule has 0 saturated heterocycles. The zero-order valence-electron chi connectivity index (χ0n) is 11.9. The van der Waals surface area contributed by atoms with Crippen LogP contribution in [0, 0.1) is 0 Å². The number of anilines is 1. The van der Waals surface area contributed by atoms with E-state index in [2.05, 4.69) is 19.9 Å². The summed E-state index contributed by atoms with van der Waals surface area (Å²) in [5.74, 6) is 0. The summed E-state index contributed by atoms with van der Waals surface area (Å²) in [4.78, 5) is 15.1. The highest BCUT2D eigenvalue weighted by Crippen LogP contribution is 2.12. The van der Waals surface area contributed by atoms with Gasteiger partial charge in [0.05, 0.1) is 18.4 Å². The van der Waals surface area contributed by atoms with Gasteiger partial charge in [-0.2, -0.15) is 19.4 Å². The Labute approximate surface area is 131 Å². The third-order valence-electron chi connectivity index (χ3n) is 2.94. The average molecular weight is 314 g/mol. The monoisotopic (exact) mass is 314 g/mol. The Hall–Kier alpha value is -2.74. The summed E-state index contributed by atoms with van der Waals surface area (Å²) in [6.07, 6.45) is 3.30. The lowest BCUT2D eigenvalue weighted by molar-refractivity contribution is 0.220. The summed E-state index contributed by atoms with van der Waals surface area (Å²) in [5.41, 5.74) is 1.59. The third kappa shape index (κ3) is 3.29. The first kappa shape index (κ1) is 14.2. The molecule has 2 heterocycles. The number of carbonyl (C=O) groups is 1. The number of amides is 2. The van der Waals surface area contributed by atoms with Gasteiger partial charge in [-0.05, 0) is 29.7 Å². The third-order valence-corrected chi connectivity index (χ3v) is 3.60. The second-order valence-corrected chi connectivity index (χ2v) is 5.46. The zero-order valence-corrected chi connectivity index (χ0v) is 12.7. The molecule has 1 aromatic carbocycles. The number of urea groups is 1. The van der Waals surface area contributed by atoms with Crippen molar-refractivity contribution in [2.75, 3.05) is 12.4 Å². The zero-order chi connectivity index (χ0) is 15.4. The molecule has 3 aromatic rings. The van der Waals surface area contributed by atoms with Gasteiger partial charge in [-0.25, -0.2) is 4.79 Å². The maximum Gasteiger partial charge on any atom is 0.322 e. The van der Waals surface area contributed by atoms with Crippen molar-refractivity contribution >= 4 is 22.6 Å². The molecule has 8 heteroatoms. The van der Waals surface area contributed by atoms with Crippen LogP contribution in [-0.2, 0) is 6.54 Å². The molecule has 0 spiro atoms. The lowest BCUT2D eigenvalue weighted by atomic mass is 10.3. The maximum absolute atomic E-state index is 12.0. The van der Waals surface area contributed by atoms with Crippen LogP contribution in [0.5, 0.6) is 0 Å². The van der Waals surface area contributed by atoms with E-state index < -0.39 is 0 Å². The van der Waals surface area contributed by atoms with Crippen LogP contribution in [0.25, 0.3) is 5.69 Å². The fraction of sp³-hybridized carbons (Fsp3) is 0.143. The van der Waals surface area contributed by atoms with Crippen molar-refractivity contribution in [3.8, 4) is 5.69 Å². The van der Waals surface area contributed by atoms with Crippen LogP contribution in [0.1, 0.15) is 5.69 Å². The molecule has 3 rings (SSSR count). The minimum atomic E-state index is -0.210. The van der Waals surface area contributed by atoms with Crippen LogP contribution < -0.4 is 5.32 Å². The van der Waals surface area contributed by atoms with E-state index in [1.54, 1.807) is 35.2 Å². The maximum atomic E-state index is 12.0. The van der Waals surface area contributed by atoms with Gasteiger partial charge in [-0.15, -0.1) is 0 Å². The summed E-state index contributed by atoms with van der Waals surface area (Å²) in [7, 11) is 1.71. The number of aromatic nitrogens is 4. The van der Waals surface area contributed by atoms with E-state index in [0.29, 0.717) is 17.2 Å². The van der Waals surface area contributed by atoms with E-state index >= 15 is 0 Å². The number of carbonyl (C=O) groups excluding carboxylic acids is 1. The molecule has 0 saturated carbocycles. The average Bonchev–Trinajstić information content (AvgIpc) is 3.20. The summed E-state index contributed by atoms with van der Waals surface area (Å²) >= 11 is 1.24. The standard InChI is InChI=1S/C14H14N6OS/c1-19(14(21)17-13-7-8-16-22-13)10-11-9-15-20(18-11)12-5-3-2-4-6-12/h2-9H,10H2,1H3,(H,17,21). The predicted octanol–water partition coefficient (Wildman–Crippen LogP) is 2.39. The molecule has 7 nitrogen and oxygen atoms in total. The molecular weight excluding hydrogens is 300 g/mol. The van der Waals surface area contributed by atoms with Gasteiger partial charge in [-0.3, -0.25) is 5.32 Å². The SMILES string of the molecule is CN(Cc1cnn(-c2ccccc2)n1)C(=O)Nc1ccns1. The van der Waals surface area contributed by atoms with Gasteiger partial charge in [0, 0.05) is 13.2 Å². The molecule has 2 aromatic heterocycles. The molecule has 0 atom stereocenters. The molecule has 0 unspecified atom stereocenters. The smallest absolute Gasteiger partial charge is 0.322 e. The minimum Gasteiger partial charge on any atom is -0.322 e. The predicted molar refractivity (Wildman–Crippen MR) is 84.0 cm³/mol. The molecule has 0 bridgehead atoms. The largest absolute Gasteiger partial charge is 0.322 e. The van der Waals surface area contributed by atoms with Crippen molar-refractivity contribution in [3.05, 3.63) is 54.5 Å². The van der Waals surface area contributed by atoms with Gasteiger partial charge >= 0.3 is 6.03 Å². The molecule has 0 fully saturated rings. The van der Waals surface area contributed by atoms with Crippen LogP contribution in [-0.4, -0.2) is 37.3 Å². The number of hydrogen-bond donors (Lipinski definition) is 1. The summed E-state index contributed by atoms with van der Waals surface area (Å²) < 4.78 is 3.94. The fourth-order valence-electron chi connectivity index (χ4n) is 1.85. The van der Waals surface area contributed by atoms with E-state index in [1.165, 1.54) is 11.5 Å². The molecule has 0 aliphatic rings. The van der Waals surface area contributed by atoms with Crippen LogP contribution >= 0.6 is 11.5 Å². The van der Waals surface area contributed by atoms with Crippen molar-refractivity contribution in [1.82, 2.24) is 24.3 Å². The molecule has 22 heavy (non-hydrogen) atoms. The molecule has 0 aliphatic carbocycles. The Bertz CT molecular complexity index is 740. The second kappa shape index (κ2) is 6.35. The second-order valence-electron chi connectivity index (χ2n) is 4.62. The first-order chi connectivity index (χ1) is 10.7. The molecular formula is C14H14N6OS. The van der Waals surface area contributed by atoms with Crippen molar-refractivity contribution in [2.45, 2.75) is 6.54 Å². The van der Waals surface area contributed by atoms with E-state index in [0.717, 1.165) is 5.69 Å². The van der Waals surface area contributed by atoms with Crippen molar-refractivity contribution in [1.29, 1.82) is 0 Å². The Morgan fingerprint density at radius 3 is 2.86 bits per heavy atom. The molecule has 112 valence electrons. The highest BCUT2D eigenvalue weighted by atomic mass is 32.1. The van der Waals surface area contributed by atoms with Gasteiger partial charge in [0.1, 0.15) is 10.7 Å². The Morgan fingerprint density at radius 2 is 2.14 bits per heavy atom. The van der Waals surface area contributed by atoms with Gasteiger partial charge in [-0.1, -0.05) is 18.2 Å². The quantitative estimate of drug-likeness (QED) is 0.802. The highest BCUT2D eigenvalue weighted by molar-refractivity contribution is 7.10. The molecule has 1 N–H and O–H groups in total. The van der Waals surface area contributed by atoms with Crippen LogP contribution in [0.4, 0.5) is 9.80 Å². The van der Waals surface area contributed by atoms with E-state index in [4.69, 9.17) is 0 Å². The number of nitrogens with zero attached hydrogens (tertiary/aromatic N) is 5. The molecule has 0 radical (unpaired) electrons. The number of para-hydroxylation sites is 1. The topological polar surface area (TPSA) is 75.9 Å². The molecule has 0 aliphatic heterocycles. The van der Waals surface area contributed by atoms with Gasteiger partial charge in [0.2, 0.25) is 0 Å². The normalized spacial score (nSPS) is 10.4. The highest BCUT2D eigenvalue weighted by Gasteiger charge is 2.12. The lowest BCUT2D eigenvalue weighted by Gasteiger charge is -2.15. The Morgan fingerprint density at radius 1 is 1.32 bits per heavy atom. The number of hydrogen-bond acceptors (Lipinski definition) is 5. The van der Waals surface area contributed by atoms with E-state index in [9.17, 15) is 4.79 Å². The van der Waals surface area contributed by atoms with Crippen LogP contribution in [0.15, 0.2) is 48.8 Å². The molecule has 2 amide bonds. The van der Waals surface area contributed by atoms with E-state index in [-0.39, 0.29) is 6.03 Å². The van der Waals surface area contributed by atoms with Crippen LogP contribution in [0.2, 0.25) is 0 Å². The minimum absolute atomic E-state index is 0.210. The summed E-state index contributed by atoms with van der Waals surface area (Å²) in [6.45, 7) is 0.372. The van der Waals surface area contributed by atoms with Crippen molar-refractivity contribution < 1.29 is 4.79 Å². The van der Waals surface area contributed by atoms with Gasteiger partial charge in [0.25, 0.3) is 0 Å². The summed E-state index contributed by atoms with van der Waals surface area (Å²) in [6, 6.07) is 11.2. The van der Waals surface area contributed by atoms with Crippen molar-refractivity contribution in [3.63, 3.8) is 0 Å². The first-order valence-corrected chi connectivity index (χ1v) is 7.39. The number of nitrogens with one attached hydrogen (secondary N) is 1. The van der Waals surface area contributed by atoms with Crippen molar-refractivity contribution in [2.24, 2.45) is 0 Å². The Balaban J connectivity index is 1.63.